The molecule has 4 N–H and O–H groups in total. The van der Waals surface area contributed by atoms with Crippen molar-refractivity contribution in [1.29, 1.82) is 0 Å². The van der Waals surface area contributed by atoms with E-state index in [9.17, 15) is 14.3 Å². The highest BCUT2D eigenvalue weighted by atomic mass is 35.5. The molecule has 4 rings (SSSR count). The number of nitrogens with one attached hydrogen (secondary N) is 1. The molecule has 7 heteroatoms. The predicted molar refractivity (Wildman–Crippen MR) is 102 cm³/mol. The van der Waals surface area contributed by atoms with Gasteiger partial charge in [-0.25, -0.2) is 4.39 Å². The molecule has 0 bridgehead atoms. The molecule has 1 atom stereocenters. The van der Waals surface area contributed by atoms with Crippen LogP contribution in [0.25, 0.3) is 10.9 Å². The maximum absolute atomic E-state index is 14.0. The van der Waals surface area contributed by atoms with E-state index < -0.39 is 17.6 Å². The van der Waals surface area contributed by atoms with E-state index in [-0.39, 0.29) is 18.9 Å². The molecule has 27 heavy (non-hydrogen) atoms. The third-order valence-corrected chi connectivity index (χ3v) is 5.29. The van der Waals surface area contributed by atoms with E-state index in [0.29, 0.717) is 23.6 Å². The van der Waals surface area contributed by atoms with Gasteiger partial charge in [-0.1, -0.05) is 17.7 Å². The van der Waals surface area contributed by atoms with Crippen molar-refractivity contribution in [3.63, 3.8) is 0 Å². The number of fused-ring (bicyclic) bond motifs is 3. The number of amides is 1. The molecule has 1 aliphatic rings. The van der Waals surface area contributed by atoms with Crippen molar-refractivity contribution in [3.05, 3.63) is 64.1 Å². The quantitative estimate of drug-likeness (QED) is 0.643. The smallest absolute Gasteiger partial charge is 0.224 e. The number of hydrogen-bond donors (Lipinski definition) is 3. The Morgan fingerprint density at radius 1 is 1.33 bits per heavy atom. The van der Waals surface area contributed by atoms with E-state index in [1.807, 2.05) is 12.1 Å². The van der Waals surface area contributed by atoms with Crippen LogP contribution in [0.1, 0.15) is 29.3 Å². The SMILES string of the molecule is NCCC(=O)N1CCc2c([nH]c3ccc(Cl)cc23)C1c1ccc(O)c(F)c1. The topological polar surface area (TPSA) is 82.4 Å². The predicted octanol–water partition coefficient (Wildman–Crippen LogP) is 3.49. The first kappa shape index (κ1) is 17.8. The number of nitrogens with two attached hydrogens (primary N) is 1. The first-order chi connectivity index (χ1) is 13.0. The van der Waals surface area contributed by atoms with Gasteiger partial charge in [0, 0.05) is 41.1 Å². The van der Waals surface area contributed by atoms with Gasteiger partial charge in [-0.2, -0.15) is 0 Å². The average Bonchev–Trinajstić information content (AvgIpc) is 3.01. The summed E-state index contributed by atoms with van der Waals surface area (Å²) in [7, 11) is 0. The van der Waals surface area contributed by atoms with Crippen LogP contribution in [0.4, 0.5) is 4.39 Å². The lowest BCUT2D eigenvalue weighted by Crippen LogP contribution is -2.41. The van der Waals surface area contributed by atoms with Gasteiger partial charge in [-0.05, 0) is 47.9 Å². The van der Waals surface area contributed by atoms with Crippen molar-refractivity contribution in [2.75, 3.05) is 13.1 Å². The zero-order valence-electron chi connectivity index (χ0n) is 14.5. The maximum atomic E-state index is 14.0. The average molecular weight is 388 g/mol. The second-order valence-electron chi connectivity index (χ2n) is 6.70. The van der Waals surface area contributed by atoms with Crippen molar-refractivity contribution in [3.8, 4) is 5.75 Å². The van der Waals surface area contributed by atoms with Gasteiger partial charge >= 0.3 is 0 Å². The number of aromatic amines is 1. The van der Waals surface area contributed by atoms with Gasteiger partial charge in [0.2, 0.25) is 5.91 Å². The van der Waals surface area contributed by atoms with Gasteiger partial charge < -0.3 is 20.7 Å². The van der Waals surface area contributed by atoms with Crippen molar-refractivity contribution < 1.29 is 14.3 Å². The summed E-state index contributed by atoms with van der Waals surface area (Å²) in [5.41, 5.74) is 9.00. The van der Waals surface area contributed by atoms with E-state index in [0.717, 1.165) is 22.2 Å². The van der Waals surface area contributed by atoms with Crippen LogP contribution in [0, 0.1) is 5.82 Å². The molecule has 140 valence electrons. The highest BCUT2D eigenvalue weighted by Crippen LogP contribution is 2.40. The van der Waals surface area contributed by atoms with Crippen molar-refractivity contribution in [2.24, 2.45) is 5.73 Å². The number of aromatic nitrogens is 1. The van der Waals surface area contributed by atoms with Crippen LogP contribution in [-0.4, -0.2) is 34.0 Å². The molecule has 0 fully saturated rings. The third-order valence-electron chi connectivity index (χ3n) is 5.06. The van der Waals surface area contributed by atoms with Crippen LogP contribution >= 0.6 is 11.6 Å². The van der Waals surface area contributed by atoms with E-state index >= 15 is 0 Å². The van der Waals surface area contributed by atoms with Gasteiger partial charge in [0.15, 0.2) is 11.6 Å². The Bertz CT molecular complexity index is 1030. The fourth-order valence-electron chi connectivity index (χ4n) is 3.84. The molecule has 0 saturated carbocycles. The minimum Gasteiger partial charge on any atom is -0.505 e. The standard InChI is InChI=1S/C20H19ClFN3O2/c21-12-2-3-16-14(10-12)13-6-8-25(18(27)5-7-23)20(19(13)24-16)11-1-4-17(26)15(22)9-11/h1-4,9-10,20,24,26H,5-8,23H2. The summed E-state index contributed by atoms with van der Waals surface area (Å²) in [5, 5.41) is 11.2. The number of nitrogens with zero attached hydrogens (tertiary/aromatic N) is 1. The number of hydrogen-bond acceptors (Lipinski definition) is 3. The van der Waals surface area contributed by atoms with Gasteiger partial charge in [0.05, 0.1) is 6.04 Å². The molecule has 1 unspecified atom stereocenters. The number of H-pyrrole nitrogens is 1. The van der Waals surface area contributed by atoms with Gasteiger partial charge in [-0.3, -0.25) is 4.79 Å². The summed E-state index contributed by atoms with van der Waals surface area (Å²) in [5.74, 6) is -1.22. The molecule has 2 aromatic carbocycles. The van der Waals surface area contributed by atoms with Crippen molar-refractivity contribution in [2.45, 2.75) is 18.9 Å². The molecule has 0 aliphatic carbocycles. The van der Waals surface area contributed by atoms with Crippen LogP contribution in [0.5, 0.6) is 5.75 Å². The minimum absolute atomic E-state index is 0.0849. The van der Waals surface area contributed by atoms with E-state index in [1.165, 1.54) is 12.1 Å². The monoisotopic (exact) mass is 387 g/mol. The van der Waals surface area contributed by atoms with Crippen LogP contribution in [0.3, 0.4) is 0 Å². The Morgan fingerprint density at radius 2 is 2.15 bits per heavy atom. The number of carbonyl (C=O) groups is 1. The Morgan fingerprint density at radius 3 is 2.89 bits per heavy atom. The summed E-state index contributed by atoms with van der Waals surface area (Å²) in [6.07, 6.45) is 0.890. The number of phenolic OH excluding ortho intramolecular Hbond substituents is 1. The molecular formula is C20H19ClFN3O2. The van der Waals surface area contributed by atoms with Gasteiger partial charge in [0.25, 0.3) is 0 Å². The normalized spacial score (nSPS) is 16.6. The zero-order chi connectivity index (χ0) is 19.1. The molecule has 5 nitrogen and oxygen atoms in total. The first-order valence-electron chi connectivity index (χ1n) is 8.77. The molecule has 1 aromatic heterocycles. The summed E-state index contributed by atoms with van der Waals surface area (Å²) in [6.45, 7) is 0.750. The number of aromatic hydroxyl groups is 1. The Kier molecular flexibility index (Phi) is 4.53. The highest BCUT2D eigenvalue weighted by Gasteiger charge is 2.34. The maximum Gasteiger partial charge on any atom is 0.224 e. The Labute approximate surface area is 160 Å². The molecular weight excluding hydrogens is 369 g/mol. The van der Waals surface area contributed by atoms with Crippen LogP contribution in [-0.2, 0) is 11.2 Å². The van der Waals surface area contributed by atoms with Gasteiger partial charge in [-0.15, -0.1) is 0 Å². The Balaban J connectivity index is 1.90. The first-order valence-corrected chi connectivity index (χ1v) is 9.15. The zero-order valence-corrected chi connectivity index (χ0v) is 15.3. The van der Waals surface area contributed by atoms with E-state index in [2.05, 4.69) is 4.98 Å². The lowest BCUT2D eigenvalue weighted by Gasteiger charge is -2.36. The summed E-state index contributed by atoms with van der Waals surface area (Å²) in [4.78, 5) is 17.8. The summed E-state index contributed by atoms with van der Waals surface area (Å²) < 4.78 is 14.0. The number of phenols is 1. The molecule has 1 aliphatic heterocycles. The molecule has 0 saturated heterocycles. The second-order valence-corrected chi connectivity index (χ2v) is 7.13. The lowest BCUT2D eigenvalue weighted by atomic mass is 9.92. The van der Waals surface area contributed by atoms with Crippen LogP contribution in [0.15, 0.2) is 36.4 Å². The number of carbonyl (C=O) groups excluding carboxylic acids is 1. The molecule has 1 amide bonds. The molecule has 0 spiro atoms. The number of halogens is 2. The lowest BCUT2D eigenvalue weighted by molar-refractivity contribution is -0.133. The number of rotatable bonds is 3. The highest BCUT2D eigenvalue weighted by molar-refractivity contribution is 6.31. The second kappa shape index (κ2) is 6.87. The van der Waals surface area contributed by atoms with E-state index in [4.69, 9.17) is 17.3 Å². The number of benzene rings is 2. The molecule has 0 radical (unpaired) electrons. The van der Waals surface area contributed by atoms with Crippen molar-refractivity contribution >= 4 is 28.4 Å². The largest absolute Gasteiger partial charge is 0.505 e. The fraction of sp³-hybridized carbons (Fsp3) is 0.250. The van der Waals surface area contributed by atoms with E-state index in [1.54, 1.807) is 17.0 Å². The molecule has 2 heterocycles. The van der Waals surface area contributed by atoms with Crippen LogP contribution < -0.4 is 5.73 Å². The third kappa shape index (κ3) is 3.05. The summed E-state index contributed by atoms with van der Waals surface area (Å²) in [6, 6.07) is 9.35. The molecule has 3 aromatic rings. The minimum atomic E-state index is -0.718. The fourth-order valence-corrected chi connectivity index (χ4v) is 4.01. The van der Waals surface area contributed by atoms with Crippen molar-refractivity contribution in [1.82, 2.24) is 9.88 Å². The summed E-state index contributed by atoms with van der Waals surface area (Å²) >= 11 is 6.16. The van der Waals surface area contributed by atoms with Crippen LogP contribution in [0.2, 0.25) is 5.02 Å². The Hall–Kier alpha value is -2.57. The van der Waals surface area contributed by atoms with Gasteiger partial charge in [0.1, 0.15) is 0 Å².